The van der Waals surface area contributed by atoms with Crippen molar-refractivity contribution in [1.29, 1.82) is 0 Å². The van der Waals surface area contributed by atoms with Gasteiger partial charge in [-0.2, -0.15) is 0 Å². The number of carbonyl (C=O) groups is 1. The van der Waals surface area contributed by atoms with E-state index in [9.17, 15) is 9.90 Å². The van der Waals surface area contributed by atoms with Crippen LogP contribution in [0.3, 0.4) is 0 Å². The van der Waals surface area contributed by atoms with Gasteiger partial charge in [-0.25, -0.2) is 4.79 Å². The van der Waals surface area contributed by atoms with Crippen molar-refractivity contribution in [2.75, 3.05) is 21.1 Å². The average molecular weight is 218 g/mol. The minimum absolute atomic E-state index is 0.103. The monoisotopic (exact) mass is 218 g/mol. The lowest BCUT2D eigenvalue weighted by Gasteiger charge is -2.42. The van der Waals surface area contributed by atoms with Crippen molar-refractivity contribution >= 4 is 5.97 Å². The van der Waals surface area contributed by atoms with E-state index in [1.54, 1.807) is 21.1 Å². The lowest BCUT2D eigenvalue weighted by atomic mass is 9.87. The summed E-state index contributed by atoms with van der Waals surface area (Å²) < 4.78 is 0.103. The molecule has 0 aromatic heterocycles. The van der Waals surface area contributed by atoms with Crippen molar-refractivity contribution in [2.45, 2.75) is 24.7 Å². The Bertz CT molecular complexity index is 244. The predicted octanol–water partition coefficient (Wildman–Crippen LogP) is -0.207. The Morgan fingerprint density at radius 1 is 1.47 bits per heavy atom. The Labute approximate surface area is 89.8 Å². The Balaban J connectivity index is 5.26. The smallest absolute Gasteiger partial charge is 0.366 e. The summed E-state index contributed by atoms with van der Waals surface area (Å²) in [5.74, 6) is -1.05. The highest BCUT2D eigenvalue weighted by atomic mass is 16.5. The van der Waals surface area contributed by atoms with Crippen LogP contribution in [0.5, 0.6) is 0 Å². The van der Waals surface area contributed by atoms with Gasteiger partial charge in [0.15, 0.2) is 6.29 Å². The van der Waals surface area contributed by atoms with Crippen molar-refractivity contribution in [2.24, 2.45) is 0 Å². The minimum Gasteiger partial charge on any atom is -0.477 e. The summed E-state index contributed by atoms with van der Waals surface area (Å²) in [6.45, 7) is 3.51. The largest absolute Gasteiger partial charge is 0.477 e. The summed E-state index contributed by atoms with van der Waals surface area (Å²) in [6.07, 6.45) is -0.195. The van der Waals surface area contributed by atoms with E-state index in [4.69, 9.17) is 10.2 Å². The molecule has 1 unspecified atom stereocenters. The molecular formula is C10H20NO4+. The third kappa shape index (κ3) is 3.02. The molecule has 0 heterocycles. The van der Waals surface area contributed by atoms with Crippen LogP contribution in [0.25, 0.3) is 0 Å². The molecule has 0 aliphatic rings. The summed E-state index contributed by atoms with van der Waals surface area (Å²) in [4.78, 5) is 11.3. The van der Waals surface area contributed by atoms with Crippen LogP contribution in [0.1, 0.15) is 12.8 Å². The number of hydrogen-bond acceptors (Lipinski definition) is 3. The number of quaternary nitrogens is 1. The third-order valence-corrected chi connectivity index (χ3v) is 2.68. The molecule has 5 nitrogen and oxygen atoms in total. The number of aliphatic hydroxyl groups excluding tert-OH is 1. The first kappa shape index (κ1) is 14.1. The number of carboxylic acids is 1. The molecule has 15 heavy (non-hydrogen) atoms. The number of carboxylic acid groups (broad SMARTS) is 1. The maximum Gasteiger partial charge on any atom is 0.366 e. The Morgan fingerprint density at radius 2 is 1.93 bits per heavy atom. The van der Waals surface area contributed by atoms with Crippen LogP contribution >= 0.6 is 0 Å². The zero-order valence-corrected chi connectivity index (χ0v) is 9.47. The van der Waals surface area contributed by atoms with E-state index < -0.39 is 17.8 Å². The van der Waals surface area contributed by atoms with Crippen LogP contribution in [0.2, 0.25) is 0 Å². The number of nitrogens with zero attached hydrogens (tertiary/aromatic N) is 1. The zero-order valence-electron chi connectivity index (χ0n) is 9.47. The molecule has 0 amide bonds. The van der Waals surface area contributed by atoms with Gasteiger partial charge in [0.2, 0.25) is 5.54 Å². The SMILES string of the molecule is C=CCC(CC(O)O)(C(=O)O)[N+](C)(C)C. The van der Waals surface area contributed by atoms with E-state index in [1.807, 2.05) is 0 Å². The van der Waals surface area contributed by atoms with Gasteiger partial charge in [-0.3, -0.25) is 0 Å². The first-order valence-corrected chi connectivity index (χ1v) is 4.69. The zero-order chi connectivity index (χ0) is 12.3. The third-order valence-electron chi connectivity index (χ3n) is 2.68. The number of aliphatic hydroxyl groups is 2. The molecule has 88 valence electrons. The summed E-state index contributed by atoms with van der Waals surface area (Å²) in [5, 5.41) is 27.2. The Hall–Kier alpha value is -0.910. The predicted molar refractivity (Wildman–Crippen MR) is 56.1 cm³/mol. The van der Waals surface area contributed by atoms with Crippen LogP contribution in [-0.4, -0.2) is 58.7 Å². The fourth-order valence-electron chi connectivity index (χ4n) is 1.63. The molecule has 3 N–H and O–H groups in total. The van der Waals surface area contributed by atoms with Gasteiger partial charge in [-0.15, -0.1) is 6.58 Å². The van der Waals surface area contributed by atoms with Crippen LogP contribution in [0, 0.1) is 0 Å². The number of likely N-dealkylation sites (N-methyl/N-ethyl adjacent to an activating group) is 1. The van der Waals surface area contributed by atoms with Gasteiger partial charge < -0.3 is 19.8 Å². The molecule has 0 saturated carbocycles. The number of rotatable bonds is 6. The molecule has 0 radical (unpaired) electrons. The van der Waals surface area contributed by atoms with Gasteiger partial charge in [0, 0.05) is 6.42 Å². The highest BCUT2D eigenvalue weighted by Crippen LogP contribution is 2.29. The second-order valence-corrected chi connectivity index (χ2v) is 4.53. The maximum atomic E-state index is 11.3. The van der Waals surface area contributed by atoms with Crippen molar-refractivity contribution in [3.8, 4) is 0 Å². The second-order valence-electron chi connectivity index (χ2n) is 4.53. The van der Waals surface area contributed by atoms with Gasteiger partial charge in [-0.1, -0.05) is 6.08 Å². The van der Waals surface area contributed by atoms with E-state index in [-0.39, 0.29) is 17.3 Å². The van der Waals surface area contributed by atoms with Crippen LogP contribution in [0.15, 0.2) is 12.7 Å². The van der Waals surface area contributed by atoms with Gasteiger partial charge >= 0.3 is 5.97 Å². The molecular weight excluding hydrogens is 198 g/mol. The number of hydrogen-bond donors (Lipinski definition) is 3. The fraction of sp³-hybridized carbons (Fsp3) is 0.700. The van der Waals surface area contributed by atoms with Crippen LogP contribution in [-0.2, 0) is 4.79 Å². The van der Waals surface area contributed by atoms with Gasteiger partial charge in [0.05, 0.1) is 27.6 Å². The summed E-state index contributed by atoms with van der Waals surface area (Å²) in [5.41, 5.74) is -1.25. The summed E-state index contributed by atoms with van der Waals surface area (Å²) in [7, 11) is 5.12. The molecule has 0 aromatic carbocycles. The van der Waals surface area contributed by atoms with Gasteiger partial charge in [0.25, 0.3) is 0 Å². The van der Waals surface area contributed by atoms with E-state index >= 15 is 0 Å². The second kappa shape index (κ2) is 4.74. The van der Waals surface area contributed by atoms with Crippen LogP contribution in [0.4, 0.5) is 0 Å². The molecule has 0 aliphatic carbocycles. The molecule has 0 aromatic rings. The van der Waals surface area contributed by atoms with E-state index in [0.717, 1.165) is 0 Å². The van der Waals surface area contributed by atoms with Gasteiger partial charge in [-0.05, 0) is 0 Å². The van der Waals surface area contributed by atoms with Crippen molar-refractivity contribution in [3.05, 3.63) is 12.7 Å². The molecule has 0 saturated heterocycles. The van der Waals surface area contributed by atoms with Crippen molar-refractivity contribution < 1.29 is 24.6 Å². The van der Waals surface area contributed by atoms with E-state index in [0.29, 0.717) is 0 Å². The molecule has 5 heteroatoms. The summed E-state index contributed by atoms with van der Waals surface area (Å²) in [6, 6.07) is 0. The molecule has 0 spiro atoms. The normalized spacial score (nSPS) is 16.1. The molecule has 0 aliphatic heterocycles. The van der Waals surface area contributed by atoms with E-state index in [1.165, 1.54) is 6.08 Å². The Kier molecular flexibility index (Phi) is 4.45. The average Bonchev–Trinajstić information content (AvgIpc) is 1.99. The first-order chi connectivity index (χ1) is 6.67. The topological polar surface area (TPSA) is 77.8 Å². The maximum absolute atomic E-state index is 11.3. The lowest BCUT2D eigenvalue weighted by Crippen LogP contribution is -2.63. The molecule has 1 atom stereocenters. The highest BCUT2D eigenvalue weighted by molar-refractivity contribution is 5.77. The first-order valence-electron chi connectivity index (χ1n) is 4.69. The quantitative estimate of drug-likeness (QED) is 0.327. The fourth-order valence-corrected chi connectivity index (χ4v) is 1.63. The van der Waals surface area contributed by atoms with Gasteiger partial charge in [0.1, 0.15) is 0 Å². The lowest BCUT2D eigenvalue weighted by molar-refractivity contribution is -0.915. The highest BCUT2D eigenvalue weighted by Gasteiger charge is 2.50. The molecule has 0 rings (SSSR count). The standard InChI is InChI=1S/C10H19NO4/c1-5-6-10(9(14)15,7-8(12)13)11(2,3)4/h5,8,12-13H,1,6-7H2,2-4H3/p+1. The Morgan fingerprint density at radius 3 is 2.13 bits per heavy atom. The molecule has 0 bridgehead atoms. The van der Waals surface area contributed by atoms with Crippen LogP contribution < -0.4 is 0 Å². The van der Waals surface area contributed by atoms with Crippen molar-refractivity contribution in [3.63, 3.8) is 0 Å². The van der Waals surface area contributed by atoms with E-state index in [2.05, 4.69) is 6.58 Å². The molecule has 0 fully saturated rings. The summed E-state index contributed by atoms with van der Waals surface area (Å²) >= 11 is 0. The number of aliphatic carboxylic acids is 1. The minimum atomic E-state index is -1.64. The van der Waals surface area contributed by atoms with Crippen molar-refractivity contribution in [1.82, 2.24) is 0 Å².